The number of carbonyl (C=O) groups excluding carboxylic acids is 2. The highest BCUT2D eigenvalue weighted by atomic mass is 35.5. The Bertz CT molecular complexity index is 1440. The minimum absolute atomic E-state index is 0.0298. The van der Waals surface area contributed by atoms with Crippen LogP contribution < -0.4 is 25.4 Å². The maximum absolute atomic E-state index is 13.9. The van der Waals surface area contributed by atoms with Gasteiger partial charge in [0, 0.05) is 17.7 Å². The molecule has 2 N–H and O–H groups in total. The standard InChI is InChI=1S/C24H23ClF2N5O4/c1-13-30-23(36-11-15-4-5-16(26)8-18(15)27)22(25)24(35)31(13)17-6-7-19-20(9-17)32(12-29-19,14(2)33)21(34)10-28-3/h4-9,28-29H,10-12H2,1-3H3/q+1. The first-order valence-corrected chi connectivity index (χ1v) is 11.3. The maximum Gasteiger partial charge on any atom is 0.341 e. The lowest BCUT2D eigenvalue weighted by molar-refractivity contribution is -0.141. The van der Waals surface area contributed by atoms with Crippen LogP contribution >= 0.6 is 11.6 Å². The van der Waals surface area contributed by atoms with Gasteiger partial charge in [0.1, 0.15) is 36.3 Å². The molecule has 3 aromatic rings. The molecule has 1 aliphatic rings. The van der Waals surface area contributed by atoms with E-state index in [-0.39, 0.29) is 53.9 Å². The molecule has 0 saturated heterocycles. The van der Waals surface area contributed by atoms with Crippen LogP contribution in [0.2, 0.25) is 5.02 Å². The summed E-state index contributed by atoms with van der Waals surface area (Å²) in [4.78, 5) is 43.1. The Kier molecular flexibility index (Phi) is 6.90. The number of anilines is 1. The molecule has 1 aliphatic heterocycles. The molecule has 1 unspecified atom stereocenters. The number of imide groups is 1. The summed E-state index contributed by atoms with van der Waals surface area (Å²) < 4.78 is 33.2. The van der Waals surface area contributed by atoms with E-state index in [0.717, 1.165) is 12.1 Å². The fourth-order valence-corrected chi connectivity index (χ4v) is 4.33. The van der Waals surface area contributed by atoms with Crippen LogP contribution in [0, 0.1) is 18.6 Å². The molecule has 36 heavy (non-hydrogen) atoms. The summed E-state index contributed by atoms with van der Waals surface area (Å²) in [5.41, 5.74) is 0.727. The van der Waals surface area contributed by atoms with E-state index in [1.54, 1.807) is 32.2 Å². The molecular weight excluding hydrogens is 496 g/mol. The molecule has 2 aromatic carbocycles. The number of rotatable bonds is 6. The normalized spacial score (nSPS) is 16.4. The number of aromatic nitrogens is 2. The first kappa shape index (κ1) is 25.4. The predicted molar refractivity (Wildman–Crippen MR) is 130 cm³/mol. The molecule has 0 aliphatic carbocycles. The molecule has 9 nitrogen and oxygen atoms in total. The number of hydrogen-bond donors (Lipinski definition) is 2. The van der Waals surface area contributed by atoms with Gasteiger partial charge in [0.05, 0.1) is 12.6 Å². The van der Waals surface area contributed by atoms with Crippen molar-refractivity contribution < 1.29 is 23.1 Å². The first-order valence-electron chi connectivity index (χ1n) is 10.9. The number of ether oxygens (including phenoxy) is 1. The lowest BCUT2D eigenvalue weighted by Gasteiger charge is -2.26. The second-order valence-corrected chi connectivity index (χ2v) is 8.61. The maximum atomic E-state index is 13.9. The molecular formula is C24H23ClF2N5O4+. The van der Waals surface area contributed by atoms with E-state index in [0.29, 0.717) is 17.1 Å². The zero-order valence-corrected chi connectivity index (χ0v) is 20.4. The lowest BCUT2D eigenvalue weighted by atomic mass is 10.2. The van der Waals surface area contributed by atoms with Crippen LogP contribution in [-0.2, 0) is 16.2 Å². The fraction of sp³-hybridized carbons (Fsp3) is 0.250. The van der Waals surface area contributed by atoms with Gasteiger partial charge in [-0.1, -0.05) is 11.6 Å². The number of nitrogens with one attached hydrogen (secondary N) is 2. The van der Waals surface area contributed by atoms with Crippen molar-refractivity contribution in [1.82, 2.24) is 19.4 Å². The van der Waals surface area contributed by atoms with Gasteiger partial charge < -0.3 is 15.4 Å². The number of carbonyl (C=O) groups is 2. The Labute approximate surface area is 209 Å². The summed E-state index contributed by atoms with van der Waals surface area (Å²) >= 11 is 6.26. The van der Waals surface area contributed by atoms with Gasteiger partial charge >= 0.3 is 11.8 Å². The van der Waals surface area contributed by atoms with E-state index in [1.807, 2.05) is 0 Å². The lowest BCUT2D eigenvalue weighted by Crippen LogP contribution is -2.59. The van der Waals surface area contributed by atoms with Gasteiger partial charge in [-0.25, -0.2) is 18.4 Å². The third-order valence-electron chi connectivity index (χ3n) is 5.99. The Morgan fingerprint density at radius 2 is 2.00 bits per heavy atom. The van der Waals surface area contributed by atoms with Gasteiger partial charge in [0.25, 0.3) is 5.56 Å². The molecule has 4 rings (SSSR count). The highest BCUT2D eigenvalue weighted by Crippen LogP contribution is 2.39. The summed E-state index contributed by atoms with van der Waals surface area (Å²) in [5, 5.41) is 5.51. The number of aryl methyl sites for hydroxylation is 1. The summed E-state index contributed by atoms with van der Waals surface area (Å²) in [7, 11) is 1.61. The SMILES string of the molecule is CNCC(=O)[N+]1(C(C)=O)CNc2ccc(-n3c(C)nc(OCc4ccc(F)cc4F)c(Cl)c3=O)cc21. The van der Waals surface area contributed by atoms with Crippen LogP contribution in [0.1, 0.15) is 18.3 Å². The Morgan fingerprint density at radius 1 is 1.25 bits per heavy atom. The Morgan fingerprint density at radius 3 is 2.67 bits per heavy atom. The van der Waals surface area contributed by atoms with E-state index < -0.39 is 21.7 Å². The van der Waals surface area contributed by atoms with Crippen molar-refractivity contribution in [2.45, 2.75) is 20.5 Å². The Balaban J connectivity index is 1.73. The molecule has 0 saturated carbocycles. The van der Waals surface area contributed by atoms with E-state index in [2.05, 4.69) is 15.6 Å². The predicted octanol–water partition coefficient (Wildman–Crippen LogP) is 3.03. The summed E-state index contributed by atoms with van der Waals surface area (Å²) in [6, 6.07) is 7.91. The summed E-state index contributed by atoms with van der Waals surface area (Å²) in [6.07, 6.45) is 0. The minimum Gasteiger partial charge on any atom is -0.471 e. The van der Waals surface area contributed by atoms with Gasteiger partial charge in [0.2, 0.25) is 5.88 Å². The fourth-order valence-electron chi connectivity index (χ4n) is 4.15. The molecule has 2 heterocycles. The highest BCUT2D eigenvalue weighted by molar-refractivity contribution is 6.31. The molecule has 12 heteroatoms. The van der Waals surface area contributed by atoms with Crippen LogP contribution in [-0.4, -0.2) is 41.6 Å². The van der Waals surface area contributed by atoms with Crippen LogP contribution in [0.4, 0.5) is 20.2 Å². The zero-order valence-electron chi connectivity index (χ0n) is 19.7. The number of nitrogens with zero attached hydrogens (tertiary/aromatic N) is 3. The molecule has 1 aromatic heterocycles. The van der Waals surface area contributed by atoms with Crippen LogP contribution in [0.5, 0.6) is 5.88 Å². The van der Waals surface area contributed by atoms with Crippen molar-refractivity contribution in [2.75, 3.05) is 25.6 Å². The monoisotopic (exact) mass is 518 g/mol. The van der Waals surface area contributed by atoms with Crippen molar-refractivity contribution in [2.24, 2.45) is 0 Å². The third kappa shape index (κ3) is 4.25. The smallest absolute Gasteiger partial charge is 0.341 e. The molecule has 0 fully saturated rings. The summed E-state index contributed by atoms with van der Waals surface area (Å²) in [6.45, 7) is 2.58. The van der Waals surface area contributed by atoms with E-state index in [1.165, 1.54) is 17.6 Å². The van der Waals surface area contributed by atoms with Gasteiger partial charge in [-0.15, -0.1) is 4.48 Å². The largest absolute Gasteiger partial charge is 0.471 e. The molecule has 0 bridgehead atoms. The van der Waals surface area contributed by atoms with Crippen LogP contribution in [0.15, 0.2) is 41.2 Å². The molecule has 188 valence electrons. The third-order valence-corrected chi connectivity index (χ3v) is 6.32. The second-order valence-electron chi connectivity index (χ2n) is 8.23. The van der Waals surface area contributed by atoms with Crippen molar-refractivity contribution in [3.05, 3.63) is 74.8 Å². The highest BCUT2D eigenvalue weighted by Gasteiger charge is 2.49. The number of halogens is 3. The van der Waals surface area contributed by atoms with Gasteiger partial charge in [-0.3, -0.25) is 9.36 Å². The van der Waals surface area contributed by atoms with Gasteiger partial charge in [0.15, 0.2) is 17.4 Å². The van der Waals surface area contributed by atoms with E-state index in [9.17, 15) is 23.2 Å². The van der Waals surface area contributed by atoms with Crippen molar-refractivity contribution in [1.29, 1.82) is 0 Å². The number of quaternary nitrogens is 1. The van der Waals surface area contributed by atoms with Crippen molar-refractivity contribution in [3.8, 4) is 11.6 Å². The number of benzene rings is 2. The van der Waals surface area contributed by atoms with Crippen molar-refractivity contribution in [3.63, 3.8) is 0 Å². The quantitative estimate of drug-likeness (QED) is 0.484. The minimum atomic E-state index is -0.803. The average Bonchev–Trinajstić information content (AvgIpc) is 3.22. The van der Waals surface area contributed by atoms with Gasteiger partial charge in [-0.05, 0) is 38.2 Å². The van der Waals surface area contributed by atoms with Crippen LogP contribution in [0.25, 0.3) is 5.69 Å². The molecule has 1 atom stereocenters. The number of amides is 2. The molecule has 2 amide bonds. The van der Waals surface area contributed by atoms with Crippen LogP contribution in [0.3, 0.4) is 0 Å². The van der Waals surface area contributed by atoms with Crippen molar-refractivity contribution >= 4 is 34.8 Å². The zero-order chi connectivity index (χ0) is 26.2. The van der Waals surface area contributed by atoms with E-state index >= 15 is 0 Å². The topological polar surface area (TPSA) is 102 Å². The van der Waals surface area contributed by atoms with E-state index in [4.69, 9.17) is 16.3 Å². The number of hydrogen-bond acceptors (Lipinski definition) is 7. The number of likely N-dealkylation sites (N-methyl/N-ethyl adjacent to an activating group) is 1. The average molecular weight is 519 g/mol. The Hall–Kier alpha value is -3.67. The second kappa shape index (κ2) is 9.76. The molecule has 0 radical (unpaired) electrons. The summed E-state index contributed by atoms with van der Waals surface area (Å²) in [5.74, 6) is -2.27. The first-order chi connectivity index (χ1) is 17.1. The number of fused-ring (bicyclic) bond motifs is 1. The molecule has 0 spiro atoms. The van der Waals surface area contributed by atoms with Gasteiger partial charge in [-0.2, -0.15) is 4.98 Å².